The number of rotatable bonds is 8. The van der Waals surface area contributed by atoms with Gasteiger partial charge in [-0.1, -0.05) is 23.9 Å². The third-order valence-corrected chi connectivity index (χ3v) is 5.66. The Morgan fingerprint density at radius 3 is 2.48 bits per heavy atom. The molecule has 3 aromatic rings. The summed E-state index contributed by atoms with van der Waals surface area (Å²) in [6.07, 6.45) is 0. The SMILES string of the molecule is COC(=O)c1ccc(NC(=O)CSc2nnc([C@H](C)NC(=O)c3ccccc3F)n2C)cc1. The lowest BCUT2D eigenvalue weighted by atomic mass is 10.2. The van der Waals surface area contributed by atoms with Crippen LogP contribution in [0, 0.1) is 5.82 Å². The maximum absolute atomic E-state index is 13.8. The third kappa shape index (κ3) is 5.95. The highest BCUT2D eigenvalue weighted by atomic mass is 32.2. The minimum Gasteiger partial charge on any atom is -0.465 e. The highest BCUT2D eigenvalue weighted by Crippen LogP contribution is 2.20. The number of esters is 1. The number of nitrogens with one attached hydrogen (secondary N) is 2. The summed E-state index contributed by atoms with van der Waals surface area (Å²) in [4.78, 5) is 36.1. The molecule has 1 heterocycles. The third-order valence-electron chi connectivity index (χ3n) is 4.64. The molecule has 2 aromatic carbocycles. The van der Waals surface area contributed by atoms with Crippen molar-refractivity contribution in [3.05, 3.63) is 71.3 Å². The van der Waals surface area contributed by atoms with E-state index in [4.69, 9.17) is 0 Å². The highest BCUT2D eigenvalue weighted by Gasteiger charge is 2.20. The molecule has 0 unspecified atom stereocenters. The van der Waals surface area contributed by atoms with E-state index in [-0.39, 0.29) is 17.2 Å². The minimum absolute atomic E-state index is 0.0580. The average molecular weight is 472 g/mol. The van der Waals surface area contributed by atoms with E-state index in [9.17, 15) is 18.8 Å². The number of nitrogens with zero attached hydrogens (tertiary/aromatic N) is 3. The van der Waals surface area contributed by atoms with Gasteiger partial charge in [0.05, 0.1) is 30.0 Å². The molecule has 3 rings (SSSR count). The second-order valence-corrected chi connectivity index (χ2v) is 7.92. The van der Waals surface area contributed by atoms with Crippen LogP contribution in [-0.2, 0) is 16.6 Å². The molecule has 0 saturated carbocycles. The van der Waals surface area contributed by atoms with E-state index in [1.165, 1.54) is 37.1 Å². The van der Waals surface area contributed by atoms with Crippen molar-refractivity contribution >= 4 is 35.2 Å². The van der Waals surface area contributed by atoms with Crippen LogP contribution >= 0.6 is 11.8 Å². The maximum atomic E-state index is 13.8. The fourth-order valence-electron chi connectivity index (χ4n) is 2.95. The van der Waals surface area contributed by atoms with Gasteiger partial charge in [0, 0.05) is 12.7 Å². The average Bonchev–Trinajstić information content (AvgIpc) is 3.18. The molecule has 2 N–H and O–H groups in total. The predicted octanol–water partition coefficient (Wildman–Crippen LogP) is 2.96. The molecule has 0 radical (unpaired) electrons. The van der Waals surface area contributed by atoms with Crippen molar-refractivity contribution in [1.82, 2.24) is 20.1 Å². The van der Waals surface area contributed by atoms with Crippen molar-refractivity contribution in [3.8, 4) is 0 Å². The number of amides is 2. The molecular weight excluding hydrogens is 449 g/mol. The molecule has 0 aliphatic rings. The number of carbonyl (C=O) groups is 3. The monoisotopic (exact) mass is 471 g/mol. The van der Waals surface area contributed by atoms with Gasteiger partial charge in [0.2, 0.25) is 5.91 Å². The summed E-state index contributed by atoms with van der Waals surface area (Å²) in [5, 5.41) is 14.1. The normalized spacial score (nSPS) is 11.5. The van der Waals surface area contributed by atoms with Gasteiger partial charge in [-0.05, 0) is 43.3 Å². The van der Waals surface area contributed by atoms with Crippen LogP contribution in [0.3, 0.4) is 0 Å². The second-order valence-electron chi connectivity index (χ2n) is 6.98. The van der Waals surface area contributed by atoms with E-state index >= 15 is 0 Å². The Morgan fingerprint density at radius 1 is 1.12 bits per heavy atom. The Kier molecular flexibility index (Phi) is 7.78. The number of anilines is 1. The van der Waals surface area contributed by atoms with Gasteiger partial charge >= 0.3 is 5.97 Å². The van der Waals surface area contributed by atoms with Crippen LogP contribution < -0.4 is 10.6 Å². The van der Waals surface area contributed by atoms with Crippen LogP contribution in [0.25, 0.3) is 0 Å². The molecule has 0 fully saturated rings. The van der Waals surface area contributed by atoms with Crippen LogP contribution in [0.15, 0.2) is 53.7 Å². The van der Waals surface area contributed by atoms with Crippen molar-refractivity contribution < 1.29 is 23.5 Å². The summed E-state index contributed by atoms with van der Waals surface area (Å²) < 4.78 is 20.1. The molecule has 9 nitrogen and oxygen atoms in total. The fourth-order valence-corrected chi connectivity index (χ4v) is 3.67. The molecule has 11 heteroatoms. The summed E-state index contributed by atoms with van der Waals surface area (Å²) >= 11 is 1.17. The van der Waals surface area contributed by atoms with Gasteiger partial charge in [-0.2, -0.15) is 0 Å². The van der Waals surface area contributed by atoms with E-state index < -0.39 is 23.7 Å². The fraction of sp³-hybridized carbons (Fsp3) is 0.227. The molecule has 172 valence electrons. The van der Waals surface area contributed by atoms with Crippen LogP contribution in [0.1, 0.15) is 39.5 Å². The zero-order valence-corrected chi connectivity index (χ0v) is 19.0. The Hall–Kier alpha value is -3.73. The number of hydrogen-bond acceptors (Lipinski definition) is 7. The lowest BCUT2D eigenvalue weighted by Crippen LogP contribution is -2.29. The largest absolute Gasteiger partial charge is 0.465 e. The number of hydrogen-bond donors (Lipinski definition) is 2. The van der Waals surface area contributed by atoms with Crippen LogP contribution in [0.5, 0.6) is 0 Å². The van der Waals surface area contributed by atoms with Gasteiger partial charge in [0.15, 0.2) is 11.0 Å². The molecule has 0 bridgehead atoms. The predicted molar refractivity (Wildman–Crippen MR) is 120 cm³/mol. The summed E-state index contributed by atoms with van der Waals surface area (Å²) in [5.74, 6) is -1.36. The number of halogens is 1. The maximum Gasteiger partial charge on any atom is 0.337 e. The molecule has 0 spiro atoms. The lowest BCUT2D eigenvalue weighted by Gasteiger charge is -2.14. The Bertz CT molecular complexity index is 1170. The summed E-state index contributed by atoms with van der Waals surface area (Å²) in [6.45, 7) is 1.71. The molecule has 0 saturated heterocycles. The highest BCUT2D eigenvalue weighted by molar-refractivity contribution is 7.99. The summed E-state index contributed by atoms with van der Waals surface area (Å²) in [6, 6.07) is 11.5. The summed E-state index contributed by atoms with van der Waals surface area (Å²) in [7, 11) is 3.01. The van der Waals surface area contributed by atoms with E-state index in [1.807, 2.05) is 0 Å². The number of benzene rings is 2. The first-order valence-corrected chi connectivity index (χ1v) is 10.8. The summed E-state index contributed by atoms with van der Waals surface area (Å²) in [5.41, 5.74) is 0.862. The van der Waals surface area contributed by atoms with Crippen LogP contribution in [-0.4, -0.2) is 45.4 Å². The molecular formula is C22H22FN5O4S. The number of methoxy groups -OCH3 is 1. The van der Waals surface area contributed by atoms with Crippen molar-refractivity contribution in [2.45, 2.75) is 18.1 Å². The molecule has 0 aliphatic heterocycles. The van der Waals surface area contributed by atoms with E-state index in [1.54, 1.807) is 48.9 Å². The van der Waals surface area contributed by atoms with E-state index in [0.717, 1.165) is 0 Å². The van der Waals surface area contributed by atoms with Gasteiger partial charge in [-0.15, -0.1) is 10.2 Å². The molecule has 0 aliphatic carbocycles. The van der Waals surface area contributed by atoms with Crippen molar-refractivity contribution in [1.29, 1.82) is 0 Å². The van der Waals surface area contributed by atoms with E-state index in [0.29, 0.717) is 22.2 Å². The Labute approximate surface area is 193 Å². The lowest BCUT2D eigenvalue weighted by molar-refractivity contribution is -0.113. The van der Waals surface area contributed by atoms with Gasteiger partial charge in [-0.25, -0.2) is 9.18 Å². The molecule has 1 atom stereocenters. The number of carbonyl (C=O) groups excluding carboxylic acids is 3. The van der Waals surface area contributed by atoms with Gasteiger partial charge in [-0.3, -0.25) is 9.59 Å². The number of ether oxygens (including phenoxy) is 1. The van der Waals surface area contributed by atoms with Crippen LogP contribution in [0.2, 0.25) is 0 Å². The van der Waals surface area contributed by atoms with Gasteiger partial charge in [0.25, 0.3) is 5.91 Å². The van der Waals surface area contributed by atoms with Crippen molar-refractivity contribution in [2.24, 2.45) is 7.05 Å². The molecule has 33 heavy (non-hydrogen) atoms. The first-order valence-electron chi connectivity index (χ1n) is 9.86. The Morgan fingerprint density at radius 2 is 1.82 bits per heavy atom. The standard InChI is InChI=1S/C22H22FN5O4S/c1-13(24-20(30)16-6-4-5-7-17(16)23)19-26-27-22(28(19)2)33-12-18(29)25-15-10-8-14(9-11-15)21(31)32-3/h4-11,13H,12H2,1-3H3,(H,24,30)(H,25,29)/t13-/m0/s1. The van der Waals surface area contributed by atoms with E-state index in [2.05, 4.69) is 25.6 Å². The first kappa shape index (κ1) is 23.9. The van der Waals surface area contributed by atoms with Crippen LogP contribution in [0.4, 0.5) is 10.1 Å². The zero-order valence-electron chi connectivity index (χ0n) is 18.2. The van der Waals surface area contributed by atoms with Crippen molar-refractivity contribution in [2.75, 3.05) is 18.2 Å². The molecule has 2 amide bonds. The van der Waals surface area contributed by atoms with Crippen molar-refractivity contribution in [3.63, 3.8) is 0 Å². The zero-order chi connectivity index (χ0) is 24.0. The topological polar surface area (TPSA) is 115 Å². The smallest absolute Gasteiger partial charge is 0.337 e. The van der Waals surface area contributed by atoms with Gasteiger partial charge < -0.3 is 19.9 Å². The minimum atomic E-state index is -0.609. The first-order chi connectivity index (χ1) is 15.8. The molecule has 1 aromatic heterocycles. The van der Waals surface area contributed by atoms with Gasteiger partial charge in [0.1, 0.15) is 5.82 Å². The Balaban J connectivity index is 1.56. The second kappa shape index (κ2) is 10.7. The quantitative estimate of drug-likeness (QED) is 0.383. The number of aromatic nitrogens is 3. The number of thioether (sulfide) groups is 1.